The third kappa shape index (κ3) is 3.97. The molecule has 0 saturated carbocycles. The Balaban J connectivity index is 1.40. The Kier molecular flexibility index (Phi) is 5.35. The van der Waals surface area contributed by atoms with Crippen molar-refractivity contribution in [2.75, 3.05) is 20.1 Å². The standard InChI is InChI=1S/C28H26N6/c1-33-12-9-24(10-13-33)34-19-23(18-31-34)21-14-22(17-29-16-21)26-15-27(20-6-3-2-4-7-20)32-28-25(26)8-5-11-30-28/h2-8,11,14-19,24H,9-10,12-13H2,1H3. The van der Waals surface area contributed by atoms with Crippen molar-refractivity contribution in [2.45, 2.75) is 18.9 Å². The molecule has 0 atom stereocenters. The summed E-state index contributed by atoms with van der Waals surface area (Å²) in [4.78, 5) is 16.3. The summed E-state index contributed by atoms with van der Waals surface area (Å²) in [7, 11) is 2.18. The minimum atomic E-state index is 0.463. The molecule has 6 nitrogen and oxygen atoms in total. The average Bonchev–Trinajstić information content (AvgIpc) is 3.39. The molecule has 0 amide bonds. The van der Waals surface area contributed by atoms with Crippen LogP contribution in [0.3, 0.4) is 0 Å². The van der Waals surface area contributed by atoms with Gasteiger partial charge >= 0.3 is 0 Å². The van der Waals surface area contributed by atoms with Gasteiger partial charge in [-0.2, -0.15) is 5.10 Å². The predicted molar refractivity (Wildman–Crippen MR) is 135 cm³/mol. The normalized spacial score (nSPS) is 15.1. The van der Waals surface area contributed by atoms with E-state index in [1.807, 2.05) is 42.9 Å². The van der Waals surface area contributed by atoms with Crippen LogP contribution in [0.15, 0.2) is 85.6 Å². The third-order valence-corrected chi connectivity index (χ3v) is 6.70. The zero-order valence-electron chi connectivity index (χ0n) is 19.2. The number of hydrogen-bond donors (Lipinski definition) is 0. The molecule has 0 spiro atoms. The second kappa shape index (κ2) is 8.80. The quantitative estimate of drug-likeness (QED) is 0.365. The van der Waals surface area contributed by atoms with E-state index in [0.29, 0.717) is 6.04 Å². The van der Waals surface area contributed by atoms with Crippen LogP contribution in [0.4, 0.5) is 0 Å². The number of rotatable bonds is 4. The second-order valence-corrected chi connectivity index (χ2v) is 9.00. The van der Waals surface area contributed by atoms with Gasteiger partial charge in [-0.25, -0.2) is 9.97 Å². The van der Waals surface area contributed by atoms with Crippen molar-refractivity contribution in [1.82, 2.24) is 29.6 Å². The van der Waals surface area contributed by atoms with Gasteiger partial charge in [0.2, 0.25) is 0 Å². The molecule has 0 radical (unpaired) electrons. The van der Waals surface area contributed by atoms with Crippen LogP contribution in [0, 0.1) is 0 Å². The van der Waals surface area contributed by atoms with Crippen LogP contribution in [-0.2, 0) is 0 Å². The van der Waals surface area contributed by atoms with E-state index in [1.165, 1.54) is 0 Å². The minimum absolute atomic E-state index is 0.463. The molecule has 1 fully saturated rings. The van der Waals surface area contributed by atoms with Gasteiger partial charge in [-0.3, -0.25) is 9.67 Å². The fourth-order valence-electron chi connectivity index (χ4n) is 4.74. The van der Waals surface area contributed by atoms with Crippen LogP contribution in [0.5, 0.6) is 0 Å². The van der Waals surface area contributed by atoms with E-state index in [4.69, 9.17) is 10.1 Å². The van der Waals surface area contributed by atoms with Crippen LogP contribution in [0.2, 0.25) is 0 Å². The highest BCUT2D eigenvalue weighted by Crippen LogP contribution is 2.33. The highest BCUT2D eigenvalue weighted by molar-refractivity contribution is 5.95. The summed E-state index contributed by atoms with van der Waals surface area (Å²) in [5.41, 5.74) is 6.98. The van der Waals surface area contributed by atoms with Gasteiger partial charge in [0.15, 0.2) is 5.65 Å². The number of fused-ring (bicyclic) bond motifs is 1. The molecule has 4 aromatic heterocycles. The fraction of sp³-hybridized carbons (Fsp3) is 0.214. The maximum absolute atomic E-state index is 4.82. The topological polar surface area (TPSA) is 59.7 Å². The lowest BCUT2D eigenvalue weighted by Gasteiger charge is -2.28. The summed E-state index contributed by atoms with van der Waals surface area (Å²) in [5, 5.41) is 5.71. The first-order valence-electron chi connectivity index (χ1n) is 11.7. The van der Waals surface area contributed by atoms with E-state index >= 15 is 0 Å². The van der Waals surface area contributed by atoms with Crippen molar-refractivity contribution in [1.29, 1.82) is 0 Å². The van der Waals surface area contributed by atoms with Gasteiger partial charge in [0.25, 0.3) is 0 Å². The van der Waals surface area contributed by atoms with Crippen LogP contribution >= 0.6 is 0 Å². The molecule has 0 unspecified atom stereocenters. The SMILES string of the molecule is CN1CCC(n2cc(-c3cncc(-c4cc(-c5ccccc5)nc5ncccc45)c3)cn2)CC1. The van der Waals surface area contributed by atoms with Crippen LogP contribution in [-0.4, -0.2) is 49.8 Å². The summed E-state index contributed by atoms with van der Waals surface area (Å²) >= 11 is 0. The summed E-state index contributed by atoms with van der Waals surface area (Å²) in [6, 6.07) is 19.1. The highest BCUT2D eigenvalue weighted by atomic mass is 15.3. The molecule has 6 heteroatoms. The van der Waals surface area contributed by atoms with Crippen LogP contribution in [0.25, 0.3) is 44.5 Å². The van der Waals surface area contributed by atoms with Crippen molar-refractivity contribution >= 4 is 11.0 Å². The Morgan fingerprint density at radius 3 is 2.50 bits per heavy atom. The van der Waals surface area contributed by atoms with Crippen molar-refractivity contribution in [3.63, 3.8) is 0 Å². The molecular formula is C28H26N6. The van der Waals surface area contributed by atoms with E-state index in [9.17, 15) is 0 Å². The summed E-state index contributed by atoms with van der Waals surface area (Å²) < 4.78 is 2.13. The largest absolute Gasteiger partial charge is 0.306 e. The summed E-state index contributed by atoms with van der Waals surface area (Å²) in [6.45, 7) is 2.23. The number of benzene rings is 1. The van der Waals surface area contributed by atoms with Crippen LogP contribution < -0.4 is 0 Å². The highest BCUT2D eigenvalue weighted by Gasteiger charge is 2.19. The molecule has 6 rings (SSSR count). The molecule has 34 heavy (non-hydrogen) atoms. The first-order valence-corrected chi connectivity index (χ1v) is 11.7. The van der Waals surface area contributed by atoms with Gasteiger partial charge in [0.1, 0.15) is 0 Å². The third-order valence-electron chi connectivity index (χ3n) is 6.70. The lowest BCUT2D eigenvalue weighted by atomic mass is 9.99. The zero-order valence-corrected chi connectivity index (χ0v) is 19.2. The number of piperidine rings is 1. The van der Waals surface area contributed by atoms with E-state index < -0.39 is 0 Å². The monoisotopic (exact) mass is 446 g/mol. The van der Waals surface area contributed by atoms with Gasteiger partial charge in [-0.05, 0) is 62.8 Å². The lowest BCUT2D eigenvalue weighted by molar-refractivity contribution is 0.212. The maximum Gasteiger partial charge on any atom is 0.160 e. The predicted octanol–water partition coefficient (Wildman–Crippen LogP) is 5.49. The first kappa shape index (κ1) is 20.7. The van der Waals surface area contributed by atoms with Gasteiger partial charge < -0.3 is 4.90 Å². The number of nitrogens with zero attached hydrogens (tertiary/aromatic N) is 6. The number of aromatic nitrogens is 5. The Morgan fingerprint density at radius 1 is 0.824 bits per heavy atom. The zero-order chi connectivity index (χ0) is 22.9. The maximum atomic E-state index is 4.82. The van der Waals surface area contributed by atoms with Gasteiger partial charge in [-0.15, -0.1) is 0 Å². The Bertz CT molecular complexity index is 1430. The molecule has 0 aliphatic carbocycles. The molecular weight excluding hydrogens is 420 g/mol. The average molecular weight is 447 g/mol. The molecule has 1 aliphatic rings. The lowest BCUT2D eigenvalue weighted by Crippen LogP contribution is -2.31. The molecule has 0 bridgehead atoms. The van der Waals surface area contributed by atoms with E-state index in [1.54, 1.807) is 6.20 Å². The molecule has 1 aromatic carbocycles. The molecule has 1 saturated heterocycles. The van der Waals surface area contributed by atoms with E-state index in [2.05, 4.69) is 63.1 Å². The minimum Gasteiger partial charge on any atom is -0.306 e. The summed E-state index contributed by atoms with van der Waals surface area (Å²) in [6.07, 6.45) is 12.0. The number of hydrogen-bond acceptors (Lipinski definition) is 5. The Hall–Kier alpha value is -3.90. The van der Waals surface area contributed by atoms with Gasteiger partial charge in [-0.1, -0.05) is 30.3 Å². The van der Waals surface area contributed by atoms with Gasteiger partial charge in [0.05, 0.1) is 17.9 Å². The summed E-state index contributed by atoms with van der Waals surface area (Å²) in [5.74, 6) is 0. The first-order chi connectivity index (χ1) is 16.7. The van der Waals surface area contributed by atoms with Crippen molar-refractivity contribution in [3.05, 3.63) is 85.6 Å². The number of likely N-dealkylation sites (tertiary alicyclic amines) is 1. The second-order valence-electron chi connectivity index (χ2n) is 9.00. The Morgan fingerprint density at radius 2 is 1.65 bits per heavy atom. The van der Waals surface area contributed by atoms with Crippen LogP contribution in [0.1, 0.15) is 18.9 Å². The fourth-order valence-corrected chi connectivity index (χ4v) is 4.74. The Labute approximate surface area is 198 Å². The van der Waals surface area contributed by atoms with Crippen molar-refractivity contribution < 1.29 is 0 Å². The molecule has 168 valence electrons. The smallest absolute Gasteiger partial charge is 0.160 e. The van der Waals surface area contributed by atoms with Gasteiger partial charge in [0, 0.05) is 52.4 Å². The van der Waals surface area contributed by atoms with Crippen molar-refractivity contribution in [3.8, 4) is 33.5 Å². The van der Waals surface area contributed by atoms with E-state index in [-0.39, 0.29) is 0 Å². The molecule has 5 aromatic rings. The molecule has 1 aliphatic heterocycles. The van der Waals surface area contributed by atoms with Crippen molar-refractivity contribution in [2.24, 2.45) is 0 Å². The number of pyridine rings is 3. The molecule has 0 N–H and O–H groups in total. The molecule has 5 heterocycles. The van der Waals surface area contributed by atoms with E-state index in [0.717, 1.165) is 70.5 Å².